The third-order valence-corrected chi connectivity index (χ3v) is 4.41. The van der Waals surface area contributed by atoms with Gasteiger partial charge in [-0.2, -0.15) is 0 Å². The predicted molar refractivity (Wildman–Crippen MR) is 102 cm³/mol. The number of rotatable bonds is 4. The van der Waals surface area contributed by atoms with Gasteiger partial charge in [0.05, 0.1) is 19.3 Å². The molecule has 1 aromatic heterocycles. The number of ether oxygens (including phenoxy) is 1. The molecule has 0 aliphatic heterocycles. The number of fused-ring (bicyclic) bond motifs is 1. The molecule has 0 unspecified atom stereocenters. The molecule has 0 atom stereocenters. The minimum absolute atomic E-state index is 0.494. The van der Waals surface area contributed by atoms with Crippen LogP contribution in [0.5, 0.6) is 5.75 Å². The molecule has 3 aromatic carbocycles. The highest BCUT2D eigenvalue weighted by molar-refractivity contribution is 5.95. The van der Waals surface area contributed by atoms with Crippen LogP contribution in [-0.4, -0.2) is 16.7 Å². The van der Waals surface area contributed by atoms with Crippen molar-refractivity contribution in [1.82, 2.24) is 9.55 Å². The van der Waals surface area contributed by atoms with E-state index in [1.807, 2.05) is 53.2 Å². The third kappa shape index (κ3) is 2.83. The zero-order valence-electron chi connectivity index (χ0n) is 14.0. The van der Waals surface area contributed by atoms with Crippen molar-refractivity contribution < 1.29 is 4.74 Å². The zero-order valence-corrected chi connectivity index (χ0v) is 14.0. The molecule has 0 bridgehead atoms. The molecule has 1 heterocycles. The lowest BCUT2D eigenvalue weighted by molar-refractivity contribution is 0.408. The summed E-state index contributed by atoms with van der Waals surface area (Å²) in [4.78, 5) is 4.58. The van der Waals surface area contributed by atoms with Gasteiger partial charge in [0.1, 0.15) is 5.75 Å². The Morgan fingerprint density at radius 2 is 1.72 bits per heavy atom. The molecule has 4 heteroatoms. The first kappa shape index (κ1) is 15.3. The minimum atomic E-state index is 0.494. The van der Waals surface area contributed by atoms with Crippen LogP contribution in [-0.2, 0) is 6.54 Å². The number of para-hydroxylation sites is 1. The summed E-state index contributed by atoms with van der Waals surface area (Å²) in [6.45, 7) is 0.619. The Bertz CT molecular complexity index is 1030. The number of nitrogens with two attached hydrogens (primary N) is 1. The summed E-state index contributed by atoms with van der Waals surface area (Å²) >= 11 is 0. The second-order valence-corrected chi connectivity index (χ2v) is 5.95. The quantitative estimate of drug-likeness (QED) is 0.606. The summed E-state index contributed by atoms with van der Waals surface area (Å²) in [7, 11) is 1.68. The van der Waals surface area contributed by atoms with Crippen molar-refractivity contribution in [2.24, 2.45) is 0 Å². The van der Waals surface area contributed by atoms with Crippen molar-refractivity contribution in [2.45, 2.75) is 6.54 Å². The SMILES string of the molecule is COc1ccccc1Cn1cc(-c2cccc3ccccc23)nc1N. The average Bonchev–Trinajstić information content (AvgIpc) is 3.02. The van der Waals surface area contributed by atoms with Gasteiger partial charge in [0.15, 0.2) is 0 Å². The largest absolute Gasteiger partial charge is 0.496 e. The third-order valence-electron chi connectivity index (χ3n) is 4.41. The van der Waals surface area contributed by atoms with Crippen molar-refractivity contribution in [3.05, 3.63) is 78.5 Å². The first-order valence-electron chi connectivity index (χ1n) is 8.19. The molecule has 0 radical (unpaired) electrons. The molecule has 0 aliphatic carbocycles. The molecule has 0 fully saturated rings. The molecule has 4 aromatic rings. The van der Waals surface area contributed by atoms with Gasteiger partial charge in [-0.05, 0) is 16.8 Å². The molecule has 0 saturated heterocycles. The summed E-state index contributed by atoms with van der Waals surface area (Å²) in [5, 5.41) is 2.37. The van der Waals surface area contributed by atoms with Gasteiger partial charge in [-0.3, -0.25) is 0 Å². The lowest BCUT2D eigenvalue weighted by Crippen LogP contribution is -2.04. The standard InChI is InChI=1S/C21H19N3O/c1-25-20-12-5-3-8-16(20)13-24-14-19(23-21(24)22)18-11-6-9-15-7-2-4-10-17(15)18/h2-12,14H,13H2,1H3,(H2,22,23). The Morgan fingerprint density at radius 1 is 0.960 bits per heavy atom. The number of hydrogen-bond donors (Lipinski definition) is 1. The molecule has 0 amide bonds. The van der Waals surface area contributed by atoms with Crippen LogP contribution < -0.4 is 10.5 Å². The van der Waals surface area contributed by atoms with Crippen molar-refractivity contribution in [3.63, 3.8) is 0 Å². The molecule has 4 rings (SSSR count). The molecule has 4 nitrogen and oxygen atoms in total. The first-order chi connectivity index (χ1) is 12.3. The lowest BCUT2D eigenvalue weighted by Gasteiger charge is -2.09. The Balaban J connectivity index is 1.75. The van der Waals surface area contributed by atoms with Crippen molar-refractivity contribution in [1.29, 1.82) is 0 Å². The van der Waals surface area contributed by atoms with E-state index in [-0.39, 0.29) is 0 Å². The van der Waals surface area contributed by atoms with Crippen LogP contribution in [0.25, 0.3) is 22.0 Å². The molecular formula is C21H19N3O. The topological polar surface area (TPSA) is 53.1 Å². The maximum Gasteiger partial charge on any atom is 0.201 e. The summed E-state index contributed by atoms with van der Waals surface area (Å²) in [5.74, 6) is 1.34. The molecule has 2 N–H and O–H groups in total. The van der Waals surface area contributed by atoms with E-state index >= 15 is 0 Å². The molecule has 0 saturated carbocycles. The van der Waals surface area contributed by atoms with E-state index in [0.717, 1.165) is 22.6 Å². The molecule has 124 valence electrons. The summed E-state index contributed by atoms with van der Waals surface area (Å²) < 4.78 is 7.39. The molecule has 0 spiro atoms. The zero-order chi connectivity index (χ0) is 17.2. The van der Waals surface area contributed by atoms with Gasteiger partial charge in [0.2, 0.25) is 5.95 Å². The fourth-order valence-corrected chi connectivity index (χ4v) is 3.15. The van der Waals surface area contributed by atoms with Gasteiger partial charge < -0.3 is 15.0 Å². The van der Waals surface area contributed by atoms with E-state index in [2.05, 4.69) is 29.2 Å². The van der Waals surface area contributed by atoms with Crippen LogP contribution in [0.1, 0.15) is 5.56 Å². The highest BCUT2D eigenvalue weighted by Crippen LogP contribution is 2.29. The normalized spacial score (nSPS) is 10.9. The van der Waals surface area contributed by atoms with Crippen LogP contribution in [0.15, 0.2) is 72.9 Å². The van der Waals surface area contributed by atoms with Crippen molar-refractivity contribution in [3.8, 4) is 17.0 Å². The van der Waals surface area contributed by atoms with Crippen LogP contribution in [0.4, 0.5) is 5.95 Å². The van der Waals surface area contributed by atoms with Gasteiger partial charge in [0.25, 0.3) is 0 Å². The number of nitrogens with zero attached hydrogens (tertiary/aromatic N) is 2. The van der Waals surface area contributed by atoms with Crippen LogP contribution in [0.3, 0.4) is 0 Å². The van der Waals surface area contributed by atoms with Crippen LogP contribution in [0, 0.1) is 0 Å². The van der Waals surface area contributed by atoms with E-state index in [1.54, 1.807) is 7.11 Å². The van der Waals surface area contributed by atoms with Crippen LogP contribution in [0.2, 0.25) is 0 Å². The Hall–Kier alpha value is -3.27. The lowest BCUT2D eigenvalue weighted by atomic mass is 10.0. The minimum Gasteiger partial charge on any atom is -0.496 e. The Kier molecular flexibility index (Phi) is 3.86. The van der Waals surface area contributed by atoms with E-state index in [1.165, 1.54) is 10.8 Å². The van der Waals surface area contributed by atoms with Crippen LogP contribution >= 0.6 is 0 Å². The number of aromatic nitrogens is 2. The van der Waals surface area contributed by atoms with Gasteiger partial charge in [-0.25, -0.2) is 4.98 Å². The van der Waals surface area contributed by atoms with E-state index in [9.17, 15) is 0 Å². The summed E-state index contributed by atoms with van der Waals surface area (Å²) in [6.07, 6.45) is 2.00. The van der Waals surface area contributed by atoms with Crippen molar-refractivity contribution >= 4 is 16.7 Å². The second-order valence-electron chi connectivity index (χ2n) is 5.95. The number of anilines is 1. The van der Waals surface area contributed by atoms with Gasteiger partial charge in [-0.1, -0.05) is 60.7 Å². The second kappa shape index (κ2) is 6.32. The highest BCUT2D eigenvalue weighted by Gasteiger charge is 2.11. The number of benzene rings is 3. The maximum atomic E-state index is 6.17. The number of methoxy groups -OCH3 is 1. The monoisotopic (exact) mass is 329 g/mol. The summed E-state index contributed by atoms with van der Waals surface area (Å²) in [6, 6.07) is 22.5. The van der Waals surface area contributed by atoms with Gasteiger partial charge >= 0.3 is 0 Å². The first-order valence-corrected chi connectivity index (χ1v) is 8.19. The van der Waals surface area contributed by atoms with Crippen molar-refractivity contribution in [2.75, 3.05) is 12.8 Å². The number of imidazole rings is 1. The Morgan fingerprint density at radius 3 is 2.60 bits per heavy atom. The molecule has 0 aliphatic rings. The molecular weight excluding hydrogens is 310 g/mol. The molecule has 25 heavy (non-hydrogen) atoms. The van der Waals surface area contributed by atoms with Gasteiger partial charge in [-0.15, -0.1) is 0 Å². The number of hydrogen-bond acceptors (Lipinski definition) is 3. The fraction of sp³-hybridized carbons (Fsp3) is 0.0952. The predicted octanol–water partition coefficient (Wildman–Crippen LogP) is 4.34. The van der Waals surface area contributed by atoms with E-state index in [0.29, 0.717) is 12.5 Å². The highest BCUT2D eigenvalue weighted by atomic mass is 16.5. The number of nitrogen functional groups attached to an aromatic ring is 1. The fourth-order valence-electron chi connectivity index (χ4n) is 3.15. The van der Waals surface area contributed by atoms with E-state index in [4.69, 9.17) is 10.5 Å². The smallest absolute Gasteiger partial charge is 0.201 e. The Labute approximate surface area is 146 Å². The maximum absolute atomic E-state index is 6.17. The van der Waals surface area contributed by atoms with E-state index < -0.39 is 0 Å². The summed E-state index contributed by atoms with van der Waals surface area (Å²) in [5.41, 5.74) is 9.21. The average molecular weight is 329 g/mol. The van der Waals surface area contributed by atoms with Gasteiger partial charge in [0, 0.05) is 17.3 Å².